The Morgan fingerprint density at radius 1 is 1.40 bits per heavy atom. The summed E-state index contributed by atoms with van der Waals surface area (Å²) in [5, 5.41) is 6.58. The van der Waals surface area contributed by atoms with E-state index in [4.69, 9.17) is 14.3 Å². The van der Waals surface area contributed by atoms with Crippen molar-refractivity contribution in [1.82, 2.24) is 5.32 Å². The van der Waals surface area contributed by atoms with Crippen LogP contribution in [-0.4, -0.2) is 39.0 Å². The van der Waals surface area contributed by atoms with Crippen LogP contribution in [0.15, 0.2) is 23.4 Å². The van der Waals surface area contributed by atoms with Gasteiger partial charge in [0.05, 0.1) is 20.4 Å². The zero-order valence-corrected chi connectivity index (χ0v) is 11.6. The fourth-order valence-electron chi connectivity index (χ4n) is 1.70. The number of ether oxygens (including phenoxy) is 2. The maximum absolute atomic E-state index is 11.4. The number of carbonyl (C=O) groups is 1. The molecule has 1 aromatic carbocycles. The Labute approximate surface area is 117 Å². The van der Waals surface area contributed by atoms with Gasteiger partial charge in [-0.2, -0.15) is 0 Å². The third-order valence-electron chi connectivity index (χ3n) is 2.84. The highest BCUT2D eigenvalue weighted by molar-refractivity contribution is 5.85. The largest absolute Gasteiger partial charge is 0.493 e. The van der Waals surface area contributed by atoms with E-state index in [2.05, 4.69) is 10.5 Å². The van der Waals surface area contributed by atoms with Gasteiger partial charge in [-0.25, -0.2) is 0 Å². The molecule has 6 heteroatoms. The molecule has 0 spiro atoms. The van der Waals surface area contributed by atoms with Gasteiger partial charge in [0, 0.05) is 11.6 Å². The second-order valence-corrected chi connectivity index (χ2v) is 4.43. The number of oxime groups is 1. The van der Waals surface area contributed by atoms with Crippen molar-refractivity contribution >= 4 is 12.1 Å². The van der Waals surface area contributed by atoms with E-state index in [-0.39, 0.29) is 12.5 Å². The molecule has 6 nitrogen and oxygen atoms in total. The molecule has 0 radical (unpaired) electrons. The lowest BCUT2D eigenvalue weighted by Crippen LogP contribution is -2.28. The van der Waals surface area contributed by atoms with Crippen molar-refractivity contribution in [3.8, 4) is 11.5 Å². The molecule has 0 atom stereocenters. The minimum absolute atomic E-state index is 0.0840. The van der Waals surface area contributed by atoms with Gasteiger partial charge >= 0.3 is 0 Å². The van der Waals surface area contributed by atoms with E-state index in [9.17, 15) is 4.79 Å². The van der Waals surface area contributed by atoms with Crippen molar-refractivity contribution in [1.29, 1.82) is 0 Å². The smallest absolute Gasteiger partial charge is 0.260 e. The number of nitrogens with one attached hydrogen (secondary N) is 1. The average molecular weight is 278 g/mol. The maximum atomic E-state index is 11.4. The van der Waals surface area contributed by atoms with E-state index in [1.165, 1.54) is 6.21 Å². The van der Waals surface area contributed by atoms with Crippen LogP contribution in [0.2, 0.25) is 0 Å². The number of rotatable bonds is 7. The molecule has 1 fully saturated rings. The van der Waals surface area contributed by atoms with Crippen molar-refractivity contribution in [2.75, 3.05) is 20.8 Å². The van der Waals surface area contributed by atoms with Gasteiger partial charge in [0.2, 0.25) is 0 Å². The summed E-state index contributed by atoms with van der Waals surface area (Å²) in [5.41, 5.74) is 0.717. The number of nitrogens with zero attached hydrogens (tertiary/aromatic N) is 1. The van der Waals surface area contributed by atoms with E-state index in [1.807, 2.05) is 12.1 Å². The second-order valence-electron chi connectivity index (χ2n) is 4.43. The average Bonchev–Trinajstić information content (AvgIpc) is 3.26. The summed E-state index contributed by atoms with van der Waals surface area (Å²) in [7, 11) is 3.12. The number of amides is 1. The zero-order valence-electron chi connectivity index (χ0n) is 11.6. The van der Waals surface area contributed by atoms with Crippen LogP contribution in [0.1, 0.15) is 18.4 Å². The van der Waals surface area contributed by atoms with Gasteiger partial charge in [-0.1, -0.05) is 11.2 Å². The molecule has 20 heavy (non-hydrogen) atoms. The van der Waals surface area contributed by atoms with E-state index in [0.717, 1.165) is 18.4 Å². The molecule has 0 bridgehead atoms. The molecule has 0 heterocycles. The third kappa shape index (κ3) is 3.88. The van der Waals surface area contributed by atoms with E-state index in [0.29, 0.717) is 17.5 Å². The van der Waals surface area contributed by atoms with Crippen LogP contribution < -0.4 is 14.8 Å². The molecule has 0 aromatic heterocycles. The van der Waals surface area contributed by atoms with Gasteiger partial charge in [0.25, 0.3) is 5.91 Å². The second kappa shape index (κ2) is 6.79. The van der Waals surface area contributed by atoms with Crippen molar-refractivity contribution in [2.24, 2.45) is 5.16 Å². The number of carbonyl (C=O) groups excluding carboxylic acids is 1. The summed E-state index contributed by atoms with van der Waals surface area (Å²) >= 11 is 0. The summed E-state index contributed by atoms with van der Waals surface area (Å²) in [4.78, 5) is 16.3. The quantitative estimate of drug-likeness (QED) is 0.603. The molecular formula is C14H18N2O4. The lowest BCUT2D eigenvalue weighted by atomic mass is 10.2. The Bertz CT molecular complexity index is 498. The first-order valence-electron chi connectivity index (χ1n) is 6.40. The lowest BCUT2D eigenvalue weighted by Gasteiger charge is -2.09. The summed E-state index contributed by atoms with van der Waals surface area (Å²) in [6.45, 7) is -0.0840. The molecule has 0 aliphatic heterocycles. The summed E-state index contributed by atoms with van der Waals surface area (Å²) in [6, 6.07) is 5.76. The van der Waals surface area contributed by atoms with Gasteiger partial charge in [-0.3, -0.25) is 4.79 Å². The first kappa shape index (κ1) is 14.2. The number of hydrogen-bond donors (Lipinski definition) is 1. The highest BCUT2D eigenvalue weighted by Gasteiger charge is 2.23. The Hall–Kier alpha value is -2.24. The number of para-hydroxylation sites is 1. The molecule has 1 aliphatic rings. The molecule has 0 unspecified atom stereocenters. The first-order chi connectivity index (χ1) is 9.74. The topological polar surface area (TPSA) is 69.2 Å². The number of hydrogen-bond acceptors (Lipinski definition) is 5. The lowest BCUT2D eigenvalue weighted by molar-refractivity contribution is -0.125. The fraction of sp³-hybridized carbons (Fsp3) is 0.429. The minimum atomic E-state index is -0.151. The van der Waals surface area contributed by atoms with E-state index < -0.39 is 0 Å². The van der Waals surface area contributed by atoms with Crippen LogP contribution in [0.4, 0.5) is 0 Å². The highest BCUT2D eigenvalue weighted by atomic mass is 16.6. The van der Waals surface area contributed by atoms with Crippen molar-refractivity contribution in [2.45, 2.75) is 18.9 Å². The Balaban J connectivity index is 1.88. The normalized spacial score (nSPS) is 14.1. The fourth-order valence-corrected chi connectivity index (χ4v) is 1.70. The molecule has 1 aromatic rings. The molecule has 1 aliphatic carbocycles. The van der Waals surface area contributed by atoms with Crippen LogP contribution in [0.25, 0.3) is 0 Å². The zero-order chi connectivity index (χ0) is 14.4. The van der Waals surface area contributed by atoms with E-state index in [1.54, 1.807) is 20.3 Å². The van der Waals surface area contributed by atoms with Gasteiger partial charge in [-0.05, 0) is 25.0 Å². The van der Waals surface area contributed by atoms with Crippen molar-refractivity contribution < 1.29 is 19.1 Å². The molecule has 1 amide bonds. The Kier molecular flexibility index (Phi) is 4.81. The Morgan fingerprint density at radius 2 is 2.20 bits per heavy atom. The third-order valence-corrected chi connectivity index (χ3v) is 2.84. The molecule has 1 N–H and O–H groups in total. The first-order valence-corrected chi connectivity index (χ1v) is 6.40. The summed E-state index contributed by atoms with van der Waals surface area (Å²) in [5.74, 6) is 1.04. The molecular weight excluding hydrogens is 260 g/mol. The summed E-state index contributed by atoms with van der Waals surface area (Å²) in [6.07, 6.45) is 3.60. The van der Waals surface area contributed by atoms with Gasteiger partial charge in [0.1, 0.15) is 0 Å². The van der Waals surface area contributed by atoms with Crippen LogP contribution >= 0.6 is 0 Å². The van der Waals surface area contributed by atoms with Crippen LogP contribution in [0.5, 0.6) is 11.5 Å². The summed E-state index contributed by atoms with van der Waals surface area (Å²) < 4.78 is 10.4. The predicted octanol–water partition coefficient (Wildman–Crippen LogP) is 1.33. The number of methoxy groups -OCH3 is 2. The molecule has 0 saturated heterocycles. The Morgan fingerprint density at radius 3 is 2.85 bits per heavy atom. The van der Waals surface area contributed by atoms with Gasteiger partial charge in [0.15, 0.2) is 18.1 Å². The monoisotopic (exact) mass is 278 g/mol. The van der Waals surface area contributed by atoms with Crippen LogP contribution in [0.3, 0.4) is 0 Å². The van der Waals surface area contributed by atoms with Crippen LogP contribution in [-0.2, 0) is 9.63 Å². The highest BCUT2D eigenvalue weighted by Crippen LogP contribution is 2.29. The van der Waals surface area contributed by atoms with Gasteiger partial charge in [-0.15, -0.1) is 0 Å². The number of benzene rings is 1. The predicted molar refractivity (Wildman–Crippen MR) is 74.3 cm³/mol. The van der Waals surface area contributed by atoms with Crippen molar-refractivity contribution in [3.63, 3.8) is 0 Å². The van der Waals surface area contributed by atoms with Gasteiger partial charge < -0.3 is 19.6 Å². The molecule has 2 rings (SSSR count). The molecule has 1 saturated carbocycles. The molecule has 108 valence electrons. The minimum Gasteiger partial charge on any atom is -0.493 e. The standard InChI is InChI=1S/C14H18N2O4/c1-18-12-5-3-4-10(14(12)19-2)8-15-20-9-13(17)16-11-6-7-11/h3-5,8,11H,6-7,9H2,1-2H3,(H,16,17)/b15-8-. The van der Waals surface area contributed by atoms with Crippen LogP contribution in [0, 0.1) is 0 Å². The SMILES string of the molecule is COc1cccc(/C=N\OCC(=O)NC2CC2)c1OC. The maximum Gasteiger partial charge on any atom is 0.260 e. The van der Waals surface area contributed by atoms with Crippen molar-refractivity contribution in [3.05, 3.63) is 23.8 Å². The van der Waals surface area contributed by atoms with E-state index >= 15 is 0 Å².